The van der Waals surface area contributed by atoms with E-state index in [1.54, 1.807) is 36.3 Å². The lowest BCUT2D eigenvalue weighted by atomic mass is 9.95. The smallest absolute Gasteiger partial charge is 0.253 e. The minimum absolute atomic E-state index is 0.0318. The highest BCUT2D eigenvalue weighted by atomic mass is 16.5. The van der Waals surface area contributed by atoms with E-state index in [2.05, 4.69) is 10.6 Å². The third kappa shape index (κ3) is 6.06. The Morgan fingerprint density at radius 2 is 1.78 bits per heavy atom. The number of rotatable bonds is 7. The fraction of sp³-hybridized carbons (Fsp3) is 0.550. The summed E-state index contributed by atoms with van der Waals surface area (Å²) in [5, 5.41) is 5.67. The minimum atomic E-state index is -0.0979. The lowest BCUT2D eigenvalue weighted by molar-refractivity contribution is -0.126. The van der Waals surface area contributed by atoms with Crippen LogP contribution in [-0.4, -0.2) is 56.0 Å². The van der Waals surface area contributed by atoms with Gasteiger partial charge in [0.1, 0.15) is 0 Å². The second-order valence-electron chi connectivity index (χ2n) is 7.07. The first kappa shape index (κ1) is 20.9. The number of carbonyl (C=O) groups is 3. The van der Waals surface area contributed by atoms with Crippen molar-refractivity contribution in [3.8, 4) is 0 Å². The van der Waals surface area contributed by atoms with Gasteiger partial charge in [-0.25, -0.2) is 0 Å². The van der Waals surface area contributed by atoms with Crippen molar-refractivity contribution in [1.82, 2.24) is 10.2 Å². The van der Waals surface area contributed by atoms with Gasteiger partial charge in [0.05, 0.1) is 6.61 Å². The number of nitrogens with one attached hydrogen (secondary N) is 2. The van der Waals surface area contributed by atoms with Crippen LogP contribution in [-0.2, 0) is 14.3 Å². The summed E-state index contributed by atoms with van der Waals surface area (Å²) in [5.74, 6) is -0.224. The molecule has 2 rings (SSSR count). The molecule has 0 saturated carbocycles. The molecule has 27 heavy (non-hydrogen) atoms. The van der Waals surface area contributed by atoms with E-state index >= 15 is 0 Å². The van der Waals surface area contributed by atoms with E-state index in [-0.39, 0.29) is 29.6 Å². The van der Waals surface area contributed by atoms with Gasteiger partial charge in [0.2, 0.25) is 11.8 Å². The van der Waals surface area contributed by atoms with Crippen LogP contribution in [0.5, 0.6) is 0 Å². The number of piperidine rings is 1. The van der Waals surface area contributed by atoms with Gasteiger partial charge in [-0.15, -0.1) is 0 Å². The number of carbonyl (C=O) groups excluding carboxylic acids is 3. The Balaban J connectivity index is 1.84. The number of nitrogens with zero attached hydrogens (tertiary/aromatic N) is 1. The van der Waals surface area contributed by atoms with Gasteiger partial charge in [-0.3, -0.25) is 14.4 Å². The minimum Gasteiger partial charge on any atom is -0.383 e. The molecule has 0 radical (unpaired) electrons. The van der Waals surface area contributed by atoms with E-state index in [0.717, 1.165) is 0 Å². The van der Waals surface area contributed by atoms with Crippen molar-refractivity contribution in [1.29, 1.82) is 0 Å². The Labute approximate surface area is 160 Å². The zero-order valence-electron chi connectivity index (χ0n) is 16.3. The van der Waals surface area contributed by atoms with E-state index in [4.69, 9.17) is 4.74 Å². The van der Waals surface area contributed by atoms with Gasteiger partial charge < -0.3 is 20.3 Å². The third-order valence-electron chi connectivity index (χ3n) is 4.68. The Hall–Kier alpha value is -2.41. The van der Waals surface area contributed by atoms with E-state index in [1.807, 2.05) is 13.8 Å². The van der Waals surface area contributed by atoms with Crippen molar-refractivity contribution in [2.45, 2.75) is 26.7 Å². The first-order valence-corrected chi connectivity index (χ1v) is 9.39. The standard InChI is InChI=1S/C20H29N3O4/c1-14(2)18(24)22-17-6-4-16(5-7-17)20(26)23-11-8-15(9-12-23)19(25)21-10-13-27-3/h4-7,14-15H,8-13H2,1-3H3,(H,21,25)(H,22,24). The second-order valence-corrected chi connectivity index (χ2v) is 7.07. The van der Waals surface area contributed by atoms with Crippen molar-refractivity contribution >= 4 is 23.4 Å². The van der Waals surface area contributed by atoms with Gasteiger partial charge in [0, 0.05) is 49.8 Å². The number of hydrogen-bond donors (Lipinski definition) is 2. The van der Waals surface area contributed by atoms with E-state index in [9.17, 15) is 14.4 Å². The Bertz CT molecular complexity index is 650. The number of benzene rings is 1. The highest BCUT2D eigenvalue weighted by Gasteiger charge is 2.27. The van der Waals surface area contributed by atoms with Crippen molar-refractivity contribution in [3.05, 3.63) is 29.8 Å². The first-order chi connectivity index (χ1) is 12.9. The predicted molar refractivity (Wildman–Crippen MR) is 103 cm³/mol. The third-order valence-corrected chi connectivity index (χ3v) is 4.68. The average Bonchev–Trinajstić information content (AvgIpc) is 2.68. The van der Waals surface area contributed by atoms with Crippen LogP contribution in [0.1, 0.15) is 37.0 Å². The number of methoxy groups -OCH3 is 1. The van der Waals surface area contributed by atoms with Crippen molar-refractivity contribution in [2.24, 2.45) is 11.8 Å². The summed E-state index contributed by atoms with van der Waals surface area (Å²) in [6.07, 6.45) is 1.32. The molecule has 1 saturated heterocycles. The molecule has 148 valence electrons. The van der Waals surface area contributed by atoms with Gasteiger partial charge in [0.15, 0.2) is 0 Å². The molecule has 1 aromatic carbocycles. The fourth-order valence-corrected chi connectivity index (χ4v) is 2.93. The summed E-state index contributed by atoms with van der Waals surface area (Å²) in [5.41, 5.74) is 1.26. The number of hydrogen-bond acceptors (Lipinski definition) is 4. The number of amides is 3. The Morgan fingerprint density at radius 3 is 2.33 bits per heavy atom. The molecule has 0 spiro atoms. The molecule has 1 heterocycles. The van der Waals surface area contributed by atoms with E-state index < -0.39 is 0 Å². The van der Waals surface area contributed by atoms with Crippen LogP contribution < -0.4 is 10.6 Å². The average molecular weight is 375 g/mol. The molecule has 0 aliphatic carbocycles. The Kier molecular flexibility index (Phi) is 7.79. The topological polar surface area (TPSA) is 87.7 Å². The molecule has 0 atom stereocenters. The van der Waals surface area contributed by atoms with Gasteiger partial charge in [-0.05, 0) is 37.1 Å². The predicted octanol–water partition coefficient (Wildman–Crippen LogP) is 1.90. The summed E-state index contributed by atoms with van der Waals surface area (Å²) >= 11 is 0. The highest BCUT2D eigenvalue weighted by Crippen LogP contribution is 2.20. The van der Waals surface area contributed by atoms with Gasteiger partial charge in [0.25, 0.3) is 5.91 Å². The maximum atomic E-state index is 12.7. The maximum absolute atomic E-state index is 12.7. The summed E-state index contributed by atoms with van der Waals surface area (Å²) in [6, 6.07) is 6.93. The lowest BCUT2D eigenvalue weighted by Gasteiger charge is -2.31. The molecule has 1 aliphatic rings. The second kappa shape index (κ2) is 10.1. The fourth-order valence-electron chi connectivity index (χ4n) is 2.93. The summed E-state index contributed by atoms with van der Waals surface area (Å²) in [7, 11) is 1.60. The summed E-state index contributed by atoms with van der Waals surface area (Å²) in [4.78, 5) is 38.2. The molecular weight excluding hydrogens is 346 g/mol. The molecule has 2 N–H and O–H groups in total. The summed E-state index contributed by atoms with van der Waals surface area (Å²) in [6.45, 7) is 5.79. The highest BCUT2D eigenvalue weighted by molar-refractivity contribution is 5.96. The molecule has 0 bridgehead atoms. The number of likely N-dealkylation sites (tertiary alicyclic amines) is 1. The van der Waals surface area contributed by atoms with Crippen LogP contribution in [0, 0.1) is 11.8 Å². The summed E-state index contributed by atoms with van der Waals surface area (Å²) < 4.78 is 4.93. The van der Waals surface area contributed by atoms with E-state index in [0.29, 0.717) is 50.3 Å². The van der Waals surface area contributed by atoms with Gasteiger partial charge >= 0.3 is 0 Å². The van der Waals surface area contributed by atoms with Gasteiger partial charge in [-0.1, -0.05) is 13.8 Å². The SMILES string of the molecule is COCCNC(=O)C1CCN(C(=O)c2ccc(NC(=O)C(C)C)cc2)CC1. The van der Waals surface area contributed by atoms with Crippen LogP contribution in [0.25, 0.3) is 0 Å². The van der Waals surface area contributed by atoms with Crippen molar-refractivity contribution < 1.29 is 19.1 Å². The van der Waals surface area contributed by atoms with Crippen LogP contribution in [0.2, 0.25) is 0 Å². The zero-order valence-corrected chi connectivity index (χ0v) is 16.3. The van der Waals surface area contributed by atoms with Gasteiger partial charge in [-0.2, -0.15) is 0 Å². The van der Waals surface area contributed by atoms with E-state index in [1.165, 1.54) is 0 Å². The maximum Gasteiger partial charge on any atom is 0.253 e. The monoisotopic (exact) mass is 375 g/mol. The quantitative estimate of drug-likeness (QED) is 0.713. The lowest BCUT2D eigenvalue weighted by Crippen LogP contribution is -2.43. The molecule has 1 fully saturated rings. The van der Waals surface area contributed by atoms with Crippen molar-refractivity contribution in [2.75, 3.05) is 38.7 Å². The zero-order chi connectivity index (χ0) is 19.8. The number of ether oxygens (including phenoxy) is 1. The molecule has 7 heteroatoms. The largest absolute Gasteiger partial charge is 0.383 e. The van der Waals surface area contributed by atoms with Crippen LogP contribution in [0.4, 0.5) is 5.69 Å². The van der Waals surface area contributed by atoms with Crippen LogP contribution in [0.15, 0.2) is 24.3 Å². The van der Waals surface area contributed by atoms with Crippen LogP contribution >= 0.6 is 0 Å². The molecular formula is C20H29N3O4. The molecule has 0 unspecified atom stereocenters. The molecule has 1 aromatic rings. The number of anilines is 1. The van der Waals surface area contributed by atoms with Crippen molar-refractivity contribution in [3.63, 3.8) is 0 Å². The van der Waals surface area contributed by atoms with Crippen LogP contribution in [0.3, 0.4) is 0 Å². The molecule has 3 amide bonds. The molecule has 1 aliphatic heterocycles. The molecule has 7 nitrogen and oxygen atoms in total. The normalized spacial score (nSPS) is 14.9. The Morgan fingerprint density at radius 1 is 1.15 bits per heavy atom. The molecule has 0 aromatic heterocycles. The first-order valence-electron chi connectivity index (χ1n) is 9.39.